The normalized spacial score (nSPS) is 15.8. The van der Waals surface area contributed by atoms with Crippen molar-refractivity contribution in [1.29, 1.82) is 0 Å². The van der Waals surface area contributed by atoms with E-state index in [0.29, 0.717) is 5.75 Å². The number of aromatic hydroxyl groups is 1. The summed E-state index contributed by atoms with van der Waals surface area (Å²) < 4.78 is 7.58. The molecular weight excluding hydrogens is 468 g/mol. The molecule has 1 aliphatic rings. The highest BCUT2D eigenvalue weighted by Crippen LogP contribution is 2.46. The van der Waals surface area contributed by atoms with Crippen LogP contribution in [0.5, 0.6) is 5.75 Å². The summed E-state index contributed by atoms with van der Waals surface area (Å²) in [6.07, 6.45) is 2.06. The summed E-state index contributed by atoms with van der Waals surface area (Å²) in [5, 5.41) is 17.5. The fourth-order valence-corrected chi connectivity index (χ4v) is 11.3. The lowest BCUT2D eigenvalue weighted by molar-refractivity contribution is 0.192. The molecule has 186 valence electrons. The van der Waals surface area contributed by atoms with Gasteiger partial charge in [-0.2, -0.15) is 0 Å². The molecule has 1 N–H and O–H groups in total. The Hall–Kier alpha value is -3.40. The highest BCUT2D eigenvalue weighted by Gasteiger charge is 2.52. The predicted molar refractivity (Wildman–Crippen MR) is 158 cm³/mol. The number of benzene rings is 5. The van der Waals surface area contributed by atoms with Crippen molar-refractivity contribution in [3.05, 3.63) is 114 Å². The van der Waals surface area contributed by atoms with Crippen molar-refractivity contribution in [3.63, 3.8) is 0 Å². The fraction of sp³-hybridized carbons (Fsp3) is 0.235. The molecule has 5 aromatic carbocycles. The highest BCUT2D eigenvalue weighted by molar-refractivity contribution is 6.99. The van der Waals surface area contributed by atoms with Gasteiger partial charge in [0.25, 0.3) is 8.32 Å². The number of hydrogen-bond acceptors (Lipinski definition) is 2. The molecule has 1 unspecified atom stereocenters. The molecular formula is C34H34O2Si. The summed E-state index contributed by atoms with van der Waals surface area (Å²) in [5.74, 6) is 0.310. The van der Waals surface area contributed by atoms with Gasteiger partial charge in [-0.25, -0.2) is 0 Å². The van der Waals surface area contributed by atoms with Gasteiger partial charge in [-0.3, -0.25) is 0 Å². The summed E-state index contributed by atoms with van der Waals surface area (Å²) in [6, 6.07) is 34.4. The van der Waals surface area contributed by atoms with Gasteiger partial charge in [-0.1, -0.05) is 106 Å². The van der Waals surface area contributed by atoms with Crippen LogP contribution in [-0.4, -0.2) is 13.4 Å². The first-order chi connectivity index (χ1) is 17.8. The van der Waals surface area contributed by atoms with E-state index >= 15 is 0 Å². The maximum atomic E-state index is 10.0. The number of fused-ring (bicyclic) bond motifs is 5. The molecule has 0 aliphatic heterocycles. The van der Waals surface area contributed by atoms with Gasteiger partial charge < -0.3 is 9.53 Å². The second kappa shape index (κ2) is 8.86. The molecule has 0 radical (unpaired) electrons. The van der Waals surface area contributed by atoms with Crippen molar-refractivity contribution in [2.24, 2.45) is 0 Å². The van der Waals surface area contributed by atoms with Crippen LogP contribution in [0.3, 0.4) is 0 Å². The van der Waals surface area contributed by atoms with E-state index in [1.807, 2.05) is 6.07 Å². The molecule has 0 heterocycles. The molecule has 0 saturated heterocycles. The van der Waals surface area contributed by atoms with E-state index in [-0.39, 0.29) is 11.1 Å². The quantitative estimate of drug-likeness (QED) is 0.203. The first-order valence-corrected chi connectivity index (χ1v) is 15.2. The van der Waals surface area contributed by atoms with Crippen LogP contribution < -0.4 is 10.4 Å². The SMILES string of the molecule is Cc1cc2c(c3ccc4cc(O)ccc4c13)CCC2O[Si](c1ccccc1)(c1ccccc1)C(C)(C)C. The van der Waals surface area contributed by atoms with E-state index in [0.717, 1.165) is 18.2 Å². The molecule has 2 nitrogen and oxygen atoms in total. The van der Waals surface area contributed by atoms with E-state index < -0.39 is 8.32 Å². The second-order valence-electron chi connectivity index (χ2n) is 11.5. The molecule has 5 aromatic rings. The molecule has 0 spiro atoms. The minimum atomic E-state index is -2.65. The largest absolute Gasteiger partial charge is 0.508 e. The zero-order valence-electron chi connectivity index (χ0n) is 22.1. The minimum Gasteiger partial charge on any atom is -0.508 e. The molecule has 1 aliphatic carbocycles. The summed E-state index contributed by atoms with van der Waals surface area (Å²) in [6.45, 7) is 9.26. The van der Waals surface area contributed by atoms with Gasteiger partial charge in [0, 0.05) is 0 Å². The van der Waals surface area contributed by atoms with Crippen LogP contribution in [0.15, 0.2) is 97.1 Å². The molecule has 0 aromatic heterocycles. The van der Waals surface area contributed by atoms with E-state index in [2.05, 4.69) is 113 Å². The molecule has 6 rings (SSSR count). The zero-order chi connectivity index (χ0) is 25.8. The molecule has 0 fully saturated rings. The van der Waals surface area contributed by atoms with Gasteiger partial charge in [0.2, 0.25) is 0 Å². The van der Waals surface area contributed by atoms with Gasteiger partial charge in [0.1, 0.15) is 5.75 Å². The van der Waals surface area contributed by atoms with Crippen LogP contribution in [0.4, 0.5) is 0 Å². The molecule has 0 amide bonds. The Morgan fingerprint density at radius 3 is 2.03 bits per heavy atom. The Labute approximate surface area is 220 Å². The Balaban J connectivity index is 1.54. The van der Waals surface area contributed by atoms with Crippen molar-refractivity contribution in [3.8, 4) is 5.75 Å². The van der Waals surface area contributed by atoms with Crippen LogP contribution in [0.2, 0.25) is 5.04 Å². The maximum Gasteiger partial charge on any atom is 0.261 e. The summed E-state index contributed by atoms with van der Waals surface area (Å²) in [7, 11) is -2.65. The van der Waals surface area contributed by atoms with Gasteiger partial charge in [0.05, 0.1) is 6.10 Å². The van der Waals surface area contributed by atoms with Crippen molar-refractivity contribution < 1.29 is 9.53 Å². The van der Waals surface area contributed by atoms with Crippen LogP contribution in [0, 0.1) is 6.92 Å². The number of rotatable bonds is 4. The van der Waals surface area contributed by atoms with Crippen LogP contribution >= 0.6 is 0 Å². The number of hydrogen-bond donors (Lipinski definition) is 1. The molecule has 0 saturated carbocycles. The van der Waals surface area contributed by atoms with Gasteiger partial charge >= 0.3 is 0 Å². The van der Waals surface area contributed by atoms with E-state index in [1.54, 1.807) is 6.07 Å². The lowest BCUT2D eigenvalue weighted by atomic mass is 9.92. The van der Waals surface area contributed by atoms with Crippen molar-refractivity contribution in [1.82, 2.24) is 0 Å². The van der Waals surface area contributed by atoms with Crippen LogP contribution in [0.1, 0.15) is 50.0 Å². The Morgan fingerprint density at radius 1 is 0.784 bits per heavy atom. The van der Waals surface area contributed by atoms with Crippen LogP contribution in [-0.2, 0) is 10.8 Å². The van der Waals surface area contributed by atoms with Crippen molar-refractivity contribution in [2.45, 2.75) is 51.7 Å². The fourth-order valence-electron chi connectivity index (χ4n) is 6.57. The molecule has 37 heavy (non-hydrogen) atoms. The van der Waals surface area contributed by atoms with Crippen LogP contribution in [0.25, 0.3) is 21.5 Å². The lowest BCUT2D eigenvalue weighted by Crippen LogP contribution is -2.66. The van der Waals surface area contributed by atoms with Gasteiger partial charge in [-0.05, 0) is 85.5 Å². The maximum absolute atomic E-state index is 10.0. The third-order valence-electron chi connectivity index (χ3n) is 8.18. The Morgan fingerprint density at radius 2 is 1.41 bits per heavy atom. The Bertz CT molecular complexity index is 1560. The standard InChI is InChI=1S/C34H34O2Si/c1-23-21-31-29(30-17-15-24-22-25(35)16-18-28(24)33(23)30)19-20-32(31)36-37(34(2,3)4,26-11-7-5-8-12-26)27-13-9-6-10-14-27/h5-18,21-22,32,35H,19-20H2,1-4H3. The van der Waals surface area contributed by atoms with Gasteiger partial charge in [-0.15, -0.1) is 0 Å². The summed E-state index contributed by atoms with van der Waals surface area (Å²) in [4.78, 5) is 0. The minimum absolute atomic E-state index is 0.0530. The van der Waals surface area contributed by atoms with Gasteiger partial charge in [0.15, 0.2) is 0 Å². The van der Waals surface area contributed by atoms with E-state index in [1.165, 1.54) is 43.2 Å². The predicted octanol–water partition coefficient (Wildman–Crippen LogP) is 7.57. The third kappa shape index (κ3) is 3.80. The monoisotopic (exact) mass is 502 g/mol. The lowest BCUT2D eigenvalue weighted by Gasteiger charge is -2.45. The first kappa shape index (κ1) is 24.0. The summed E-state index contributed by atoms with van der Waals surface area (Å²) in [5.41, 5.74) is 4.03. The van der Waals surface area contributed by atoms with E-state index in [9.17, 15) is 5.11 Å². The smallest absolute Gasteiger partial charge is 0.261 e. The molecule has 3 heteroatoms. The number of aryl methyl sites for hydroxylation is 2. The van der Waals surface area contributed by atoms with Crippen molar-refractivity contribution >= 4 is 40.2 Å². The summed E-state index contributed by atoms with van der Waals surface area (Å²) >= 11 is 0. The van der Waals surface area contributed by atoms with E-state index in [4.69, 9.17) is 4.43 Å². The second-order valence-corrected chi connectivity index (χ2v) is 15.7. The average Bonchev–Trinajstić information content (AvgIpc) is 3.29. The topological polar surface area (TPSA) is 29.5 Å². The van der Waals surface area contributed by atoms with Crippen molar-refractivity contribution in [2.75, 3.05) is 0 Å². The number of phenols is 1. The average molecular weight is 503 g/mol. The number of phenolic OH excluding ortho intramolecular Hbond substituents is 1. The third-order valence-corrected chi connectivity index (χ3v) is 13.2. The molecule has 0 bridgehead atoms. The molecule has 1 atom stereocenters. The first-order valence-electron chi connectivity index (χ1n) is 13.3. The Kier molecular flexibility index (Phi) is 5.74. The zero-order valence-corrected chi connectivity index (χ0v) is 23.1. The highest BCUT2D eigenvalue weighted by atomic mass is 28.4.